The van der Waals surface area contributed by atoms with Crippen LogP contribution in [0, 0.1) is 0 Å². The Morgan fingerprint density at radius 3 is 3.07 bits per heavy atom. The van der Waals surface area contributed by atoms with E-state index >= 15 is 0 Å². The van der Waals surface area contributed by atoms with Crippen LogP contribution in [0.15, 0.2) is 18.9 Å². The van der Waals surface area contributed by atoms with E-state index in [9.17, 15) is 0 Å². The molecule has 0 aliphatic rings. The van der Waals surface area contributed by atoms with Crippen LogP contribution < -0.4 is 5.73 Å². The van der Waals surface area contributed by atoms with Gasteiger partial charge in [-0.25, -0.2) is 4.68 Å². The van der Waals surface area contributed by atoms with E-state index in [0.29, 0.717) is 13.2 Å². The minimum Gasteiger partial charge on any atom is -0.380 e. The number of rotatable bonds is 8. The Hall–Kier alpha value is -1.20. The number of nitrogens with two attached hydrogens (primary N) is 1. The fourth-order valence-electron chi connectivity index (χ4n) is 1.13. The van der Waals surface area contributed by atoms with E-state index in [-0.39, 0.29) is 0 Å². The lowest BCUT2D eigenvalue weighted by Crippen LogP contribution is -2.07. The summed E-state index contributed by atoms with van der Waals surface area (Å²) in [6.07, 6.45) is 5.76. The van der Waals surface area contributed by atoms with Gasteiger partial charge in [-0.3, -0.25) is 0 Å². The Kier molecular flexibility index (Phi) is 5.65. The first-order valence-electron chi connectivity index (χ1n) is 5.14. The Morgan fingerprint density at radius 2 is 2.40 bits per heavy atom. The van der Waals surface area contributed by atoms with Gasteiger partial charge in [-0.05, 0) is 12.8 Å². The van der Waals surface area contributed by atoms with Gasteiger partial charge in [0.2, 0.25) is 0 Å². The van der Waals surface area contributed by atoms with Crippen LogP contribution >= 0.6 is 0 Å². The first-order valence-corrected chi connectivity index (χ1v) is 5.14. The second kappa shape index (κ2) is 7.14. The molecule has 1 heterocycles. The molecule has 15 heavy (non-hydrogen) atoms. The summed E-state index contributed by atoms with van der Waals surface area (Å²) in [6.45, 7) is 6.23. The van der Waals surface area contributed by atoms with Crippen LogP contribution in [0.4, 0.5) is 0 Å². The highest BCUT2D eigenvalue weighted by Gasteiger charge is 1.97. The topological polar surface area (TPSA) is 66.0 Å². The van der Waals surface area contributed by atoms with Crippen molar-refractivity contribution in [2.24, 2.45) is 5.73 Å². The van der Waals surface area contributed by atoms with E-state index in [1.165, 1.54) is 0 Å². The van der Waals surface area contributed by atoms with Crippen molar-refractivity contribution in [3.05, 3.63) is 24.5 Å². The van der Waals surface area contributed by atoms with Crippen LogP contribution in [0.3, 0.4) is 0 Å². The van der Waals surface area contributed by atoms with Crippen molar-refractivity contribution in [1.82, 2.24) is 15.0 Å². The highest BCUT2D eigenvalue weighted by Crippen LogP contribution is 1.93. The number of ether oxygens (including phenoxy) is 1. The Bertz CT molecular complexity index is 285. The summed E-state index contributed by atoms with van der Waals surface area (Å²) in [6, 6.07) is 0. The first kappa shape index (κ1) is 11.9. The monoisotopic (exact) mass is 210 g/mol. The summed E-state index contributed by atoms with van der Waals surface area (Å²) in [7, 11) is 0. The molecule has 5 heteroatoms. The van der Waals surface area contributed by atoms with Gasteiger partial charge in [-0.15, -0.1) is 11.7 Å². The van der Waals surface area contributed by atoms with Crippen LogP contribution in [-0.4, -0.2) is 28.2 Å². The molecule has 5 nitrogen and oxygen atoms in total. The predicted molar refractivity (Wildman–Crippen MR) is 58.2 cm³/mol. The average Bonchev–Trinajstić information content (AvgIpc) is 2.71. The number of allylic oxidation sites excluding steroid dienone is 1. The molecule has 1 aromatic heterocycles. The van der Waals surface area contributed by atoms with Crippen molar-refractivity contribution < 1.29 is 4.74 Å². The third kappa shape index (κ3) is 4.71. The SMILES string of the molecule is C=CCCCOCCn1cc(CN)nn1. The second-order valence-corrected chi connectivity index (χ2v) is 3.22. The third-order valence-electron chi connectivity index (χ3n) is 1.96. The molecular formula is C10H18N4O. The maximum Gasteiger partial charge on any atom is 0.0962 e. The molecule has 84 valence electrons. The zero-order valence-electron chi connectivity index (χ0n) is 8.93. The highest BCUT2D eigenvalue weighted by atomic mass is 16.5. The average molecular weight is 210 g/mol. The molecule has 0 radical (unpaired) electrons. The van der Waals surface area contributed by atoms with E-state index in [2.05, 4.69) is 16.9 Å². The number of nitrogens with zero attached hydrogens (tertiary/aromatic N) is 3. The molecule has 1 aromatic rings. The molecule has 0 saturated heterocycles. The molecule has 0 aliphatic carbocycles. The van der Waals surface area contributed by atoms with Crippen molar-refractivity contribution in [2.75, 3.05) is 13.2 Å². The molecule has 0 amide bonds. The minimum atomic E-state index is 0.431. The minimum absolute atomic E-state index is 0.431. The summed E-state index contributed by atoms with van der Waals surface area (Å²) in [5.41, 5.74) is 6.22. The van der Waals surface area contributed by atoms with Gasteiger partial charge in [0.1, 0.15) is 0 Å². The largest absolute Gasteiger partial charge is 0.380 e. The van der Waals surface area contributed by atoms with Crippen molar-refractivity contribution in [3.63, 3.8) is 0 Å². The summed E-state index contributed by atoms with van der Waals surface area (Å²) < 4.78 is 7.16. The summed E-state index contributed by atoms with van der Waals surface area (Å²) in [5, 5.41) is 7.79. The van der Waals surface area contributed by atoms with Crippen molar-refractivity contribution in [3.8, 4) is 0 Å². The first-order chi connectivity index (χ1) is 7.36. The number of aromatic nitrogens is 3. The van der Waals surface area contributed by atoms with Crippen LogP contribution in [-0.2, 0) is 17.8 Å². The lowest BCUT2D eigenvalue weighted by molar-refractivity contribution is 0.121. The van der Waals surface area contributed by atoms with Gasteiger partial charge in [0.15, 0.2) is 0 Å². The maximum absolute atomic E-state index is 5.42. The molecule has 0 aromatic carbocycles. The Morgan fingerprint density at radius 1 is 1.53 bits per heavy atom. The van der Waals surface area contributed by atoms with Gasteiger partial charge in [-0.2, -0.15) is 0 Å². The van der Waals surface area contributed by atoms with Crippen LogP contribution in [0.2, 0.25) is 0 Å². The molecule has 2 N–H and O–H groups in total. The van der Waals surface area contributed by atoms with E-state index in [0.717, 1.165) is 31.7 Å². The van der Waals surface area contributed by atoms with Gasteiger partial charge in [0.25, 0.3) is 0 Å². The Balaban J connectivity index is 2.06. The fraction of sp³-hybridized carbons (Fsp3) is 0.600. The van der Waals surface area contributed by atoms with E-state index in [1.807, 2.05) is 12.3 Å². The van der Waals surface area contributed by atoms with Crippen molar-refractivity contribution >= 4 is 0 Å². The molecule has 1 rings (SSSR count). The van der Waals surface area contributed by atoms with E-state index in [4.69, 9.17) is 10.5 Å². The summed E-state index contributed by atoms with van der Waals surface area (Å²) in [4.78, 5) is 0. The smallest absolute Gasteiger partial charge is 0.0962 e. The maximum atomic E-state index is 5.42. The van der Waals surface area contributed by atoms with E-state index < -0.39 is 0 Å². The zero-order valence-corrected chi connectivity index (χ0v) is 8.93. The third-order valence-corrected chi connectivity index (χ3v) is 1.96. The second-order valence-electron chi connectivity index (χ2n) is 3.22. The highest BCUT2D eigenvalue weighted by molar-refractivity contribution is 4.90. The van der Waals surface area contributed by atoms with Gasteiger partial charge in [-0.1, -0.05) is 11.3 Å². The molecule has 0 bridgehead atoms. The quantitative estimate of drug-likeness (QED) is 0.507. The van der Waals surface area contributed by atoms with E-state index in [1.54, 1.807) is 4.68 Å². The molecule has 0 aliphatic heterocycles. The van der Waals surface area contributed by atoms with Crippen LogP contribution in [0.1, 0.15) is 18.5 Å². The number of hydrogen-bond donors (Lipinski definition) is 1. The number of hydrogen-bond acceptors (Lipinski definition) is 4. The molecule has 0 unspecified atom stereocenters. The lowest BCUT2D eigenvalue weighted by atomic mass is 10.3. The van der Waals surface area contributed by atoms with Crippen LogP contribution in [0.5, 0.6) is 0 Å². The summed E-state index contributed by atoms with van der Waals surface area (Å²) >= 11 is 0. The zero-order chi connectivity index (χ0) is 10.9. The molecule has 0 fully saturated rings. The number of unbranched alkanes of at least 4 members (excludes halogenated alkanes) is 1. The van der Waals surface area contributed by atoms with Gasteiger partial charge >= 0.3 is 0 Å². The summed E-state index contributed by atoms with van der Waals surface area (Å²) in [5.74, 6) is 0. The molecule has 0 spiro atoms. The van der Waals surface area contributed by atoms with Gasteiger partial charge in [0, 0.05) is 19.3 Å². The lowest BCUT2D eigenvalue weighted by Gasteiger charge is -2.02. The predicted octanol–water partition coefficient (Wildman–Crippen LogP) is 0.720. The van der Waals surface area contributed by atoms with Crippen LogP contribution in [0.25, 0.3) is 0 Å². The molecular weight excluding hydrogens is 192 g/mol. The van der Waals surface area contributed by atoms with Gasteiger partial charge < -0.3 is 10.5 Å². The fourth-order valence-corrected chi connectivity index (χ4v) is 1.13. The van der Waals surface area contributed by atoms with Gasteiger partial charge in [0.05, 0.1) is 18.8 Å². The van der Waals surface area contributed by atoms with Crippen molar-refractivity contribution in [1.29, 1.82) is 0 Å². The molecule has 0 saturated carbocycles. The Labute approximate surface area is 89.9 Å². The normalized spacial score (nSPS) is 10.5. The molecule has 0 atom stereocenters. The standard InChI is InChI=1S/C10H18N4O/c1-2-3-4-6-15-7-5-14-9-10(8-11)12-13-14/h2,9H,1,3-8,11H2. The van der Waals surface area contributed by atoms with Crippen molar-refractivity contribution in [2.45, 2.75) is 25.9 Å².